The van der Waals surface area contributed by atoms with Crippen molar-refractivity contribution < 1.29 is 52.7 Å². The van der Waals surface area contributed by atoms with E-state index in [9.17, 15) is 44.0 Å². The van der Waals surface area contributed by atoms with Crippen molar-refractivity contribution in [1.29, 1.82) is 0 Å². The summed E-state index contributed by atoms with van der Waals surface area (Å²) in [4.78, 5) is 52.8. The van der Waals surface area contributed by atoms with Gasteiger partial charge < -0.3 is 34.8 Å². The minimum atomic E-state index is -5.50. The van der Waals surface area contributed by atoms with Gasteiger partial charge in [-0.3, -0.25) is 18.8 Å². The van der Waals surface area contributed by atoms with Gasteiger partial charge in [0.05, 0.1) is 17.6 Å². The third-order valence-corrected chi connectivity index (χ3v) is 7.90. The van der Waals surface area contributed by atoms with Gasteiger partial charge in [-0.05, 0) is 37.1 Å². The van der Waals surface area contributed by atoms with E-state index >= 15 is 0 Å². The molecule has 17 nitrogen and oxygen atoms in total. The number of rotatable bonds is 10. The number of H-pyrrole nitrogens is 1. The quantitative estimate of drug-likeness (QED) is 0.0835. The van der Waals surface area contributed by atoms with Crippen LogP contribution in [0.4, 0.5) is 0 Å². The van der Waals surface area contributed by atoms with E-state index in [0.717, 1.165) is 11.1 Å². The second-order valence-corrected chi connectivity index (χ2v) is 11.0. The zero-order valence-electron chi connectivity index (χ0n) is 19.4. The summed E-state index contributed by atoms with van der Waals surface area (Å²) in [5.74, 6) is -0.256. The van der Waals surface area contributed by atoms with Crippen molar-refractivity contribution >= 4 is 26.7 Å². The number of phosphoric acid groups is 2. The molecule has 6 atom stereocenters. The molecule has 37 heavy (non-hydrogen) atoms. The van der Waals surface area contributed by atoms with Crippen LogP contribution in [0.15, 0.2) is 21.7 Å². The summed E-state index contributed by atoms with van der Waals surface area (Å²) in [5.41, 5.74) is 0.0119. The first-order chi connectivity index (χ1) is 17.0. The Morgan fingerprint density at radius 2 is 1.62 bits per heavy atom. The molecule has 0 spiro atoms. The van der Waals surface area contributed by atoms with Crippen LogP contribution in [-0.2, 0) is 29.0 Å². The fourth-order valence-corrected chi connectivity index (χ4v) is 5.17. The highest BCUT2D eigenvalue weighted by molar-refractivity contribution is 7.61. The summed E-state index contributed by atoms with van der Waals surface area (Å²) in [6, 6.07) is 3.26. The topological polar surface area (TPSA) is 264 Å². The highest BCUT2D eigenvalue weighted by Crippen LogP contribution is 2.60. The number of aliphatic hydroxyl groups excluding tert-OH is 4. The molecule has 0 bridgehead atoms. The molecule has 0 aromatic heterocycles. The average molecular weight is 566 g/mol. The summed E-state index contributed by atoms with van der Waals surface area (Å²) in [7, 11) is -9.87. The third-order valence-electron chi connectivity index (χ3n) is 5.31. The van der Waals surface area contributed by atoms with Crippen LogP contribution >= 0.6 is 15.6 Å². The van der Waals surface area contributed by atoms with Gasteiger partial charge in [0.25, 0.3) is 5.56 Å². The van der Waals surface area contributed by atoms with E-state index in [1.54, 1.807) is 26.0 Å². The lowest BCUT2D eigenvalue weighted by molar-refractivity contribution is -0.171. The molecule has 1 aromatic carbocycles. The van der Waals surface area contributed by atoms with Crippen molar-refractivity contribution in [3.63, 3.8) is 0 Å². The van der Waals surface area contributed by atoms with E-state index in [0.29, 0.717) is 7.11 Å². The van der Waals surface area contributed by atoms with Crippen LogP contribution in [0.5, 0.6) is 0 Å². The van der Waals surface area contributed by atoms with Gasteiger partial charge in [0.1, 0.15) is 18.3 Å². The summed E-state index contributed by atoms with van der Waals surface area (Å²) in [6.07, 6.45) is -9.40. The van der Waals surface area contributed by atoms with Gasteiger partial charge in [-0.2, -0.15) is 9.29 Å². The summed E-state index contributed by atoms with van der Waals surface area (Å²) < 4.78 is 36.3. The van der Waals surface area contributed by atoms with Crippen LogP contribution in [0, 0.1) is 13.8 Å². The van der Waals surface area contributed by atoms with Gasteiger partial charge in [-0.25, -0.2) is 18.9 Å². The molecule has 19 heteroatoms. The molecule has 204 valence electrons. The predicted molar refractivity (Wildman–Crippen MR) is 123 cm³/mol. The Kier molecular flexibility index (Phi) is 8.48. The number of aromatic amines is 1. The monoisotopic (exact) mass is 566 g/mol. The molecule has 1 aromatic rings. The van der Waals surface area contributed by atoms with Crippen molar-refractivity contribution in [1.82, 2.24) is 19.5 Å². The molecule has 2 aliphatic heterocycles. The Morgan fingerprint density at radius 1 is 1.00 bits per heavy atom. The normalized spacial score (nSPS) is 18.7. The van der Waals surface area contributed by atoms with Crippen LogP contribution in [0.1, 0.15) is 11.1 Å². The molecule has 3 rings (SSSR count). The Morgan fingerprint density at radius 3 is 2.24 bits per heavy atom. The number of phosphoric ester groups is 2. The lowest BCUT2D eigenvalue weighted by Crippen LogP contribution is -2.47. The third kappa shape index (κ3) is 6.54. The number of hydrogen-bond donors (Lipinski definition) is 7. The van der Waals surface area contributed by atoms with Crippen molar-refractivity contribution in [3.8, 4) is 11.5 Å². The van der Waals surface area contributed by atoms with Crippen molar-refractivity contribution in [2.45, 2.75) is 45.0 Å². The maximum atomic E-state index is 12.3. The van der Waals surface area contributed by atoms with E-state index < -0.39 is 58.0 Å². The highest BCUT2D eigenvalue weighted by atomic mass is 31.3. The SMILES string of the molecule is COP(=O)(O)OP(=O)(O)OC(O)C(O)C(O)C(O)Cn1c2nc(=O)[nH]c(=O)c-2nc2cc(C)c(C)cc21. The fourth-order valence-electron chi connectivity index (χ4n) is 3.31. The Hall–Kier alpha value is -2.40. The molecule has 0 aliphatic carbocycles. The first-order valence-corrected chi connectivity index (χ1v) is 13.3. The minimum absolute atomic E-state index is 0.256. The summed E-state index contributed by atoms with van der Waals surface area (Å²) >= 11 is 0. The standard InChI is InChI=1S/C18H24N4O13P2/c1-7-4-9-10(5-8(7)2)22(15-12(19-9)16(26)21-18(28)20-15)6-11(23)13(24)14(25)17(27)34-37(31,32)35-36(29,30)33-3/h4-5,11,13-14,17,23-25,27H,6H2,1-3H3,(H,29,30)(H,31,32)(H,21,26,28). The molecule has 2 heterocycles. The zero-order valence-corrected chi connectivity index (χ0v) is 21.2. The number of hydrogen-bond acceptors (Lipinski definition) is 13. The van der Waals surface area contributed by atoms with Gasteiger partial charge in [-0.1, -0.05) is 0 Å². The van der Waals surface area contributed by atoms with Crippen LogP contribution in [0.25, 0.3) is 22.6 Å². The summed E-state index contributed by atoms with van der Waals surface area (Å²) in [6.45, 7) is 2.93. The molecule has 7 N–H and O–H groups in total. The maximum Gasteiger partial charge on any atom is 0.483 e. The highest BCUT2D eigenvalue weighted by Gasteiger charge is 2.41. The Bertz CT molecular complexity index is 1490. The molecule has 0 amide bonds. The average Bonchev–Trinajstić information content (AvgIpc) is 2.78. The van der Waals surface area contributed by atoms with Crippen LogP contribution < -0.4 is 11.2 Å². The largest absolute Gasteiger partial charge is 0.483 e. The lowest BCUT2D eigenvalue weighted by atomic mass is 10.1. The number of aromatic nitrogens is 4. The van der Waals surface area contributed by atoms with E-state index in [4.69, 9.17) is 4.89 Å². The number of nitrogens with one attached hydrogen (secondary N) is 1. The van der Waals surface area contributed by atoms with Crippen molar-refractivity contribution in [2.24, 2.45) is 0 Å². The maximum absolute atomic E-state index is 12.3. The molecule has 6 unspecified atom stereocenters. The van der Waals surface area contributed by atoms with E-state index in [-0.39, 0.29) is 22.6 Å². The first-order valence-electron chi connectivity index (χ1n) is 10.3. The van der Waals surface area contributed by atoms with Gasteiger partial charge in [-0.15, -0.1) is 0 Å². The number of benzene rings is 1. The first kappa shape index (κ1) is 29.2. The molecule has 0 saturated carbocycles. The zero-order chi connectivity index (χ0) is 27.9. The minimum Gasteiger partial charge on any atom is -0.388 e. The molecule has 0 fully saturated rings. The van der Waals surface area contributed by atoms with Gasteiger partial charge in [0.2, 0.25) is 0 Å². The Balaban J connectivity index is 1.94. The van der Waals surface area contributed by atoms with Gasteiger partial charge in [0.15, 0.2) is 17.8 Å². The van der Waals surface area contributed by atoms with Crippen LogP contribution in [0.3, 0.4) is 0 Å². The second-order valence-electron chi connectivity index (χ2n) is 7.94. The van der Waals surface area contributed by atoms with Crippen molar-refractivity contribution in [2.75, 3.05) is 7.11 Å². The van der Waals surface area contributed by atoms with E-state index in [1.165, 1.54) is 4.57 Å². The second kappa shape index (κ2) is 10.8. The molecule has 2 aliphatic rings. The molecule has 0 radical (unpaired) electrons. The number of fused-ring (bicyclic) bond motifs is 2. The van der Waals surface area contributed by atoms with Crippen LogP contribution in [0.2, 0.25) is 0 Å². The van der Waals surface area contributed by atoms with E-state index in [2.05, 4.69) is 23.3 Å². The summed E-state index contributed by atoms with van der Waals surface area (Å²) in [5, 5.41) is 41.1. The van der Waals surface area contributed by atoms with Crippen molar-refractivity contribution in [3.05, 3.63) is 44.1 Å². The molecular formula is C18H24N4O13P2. The smallest absolute Gasteiger partial charge is 0.388 e. The number of aliphatic hydroxyl groups is 4. The molecule has 0 saturated heterocycles. The lowest BCUT2D eigenvalue weighted by Gasteiger charge is -2.28. The van der Waals surface area contributed by atoms with Gasteiger partial charge >= 0.3 is 21.3 Å². The van der Waals surface area contributed by atoms with E-state index in [1.807, 2.05) is 4.98 Å². The predicted octanol–water partition coefficient (Wildman–Crippen LogP) is -1.52. The van der Waals surface area contributed by atoms with Gasteiger partial charge in [0, 0.05) is 7.11 Å². The fraction of sp³-hybridized carbons (Fsp3) is 0.444. The number of nitrogens with zero attached hydrogens (tertiary/aromatic N) is 3. The molecular weight excluding hydrogens is 542 g/mol. The number of aryl methyl sites for hydroxylation is 2. The Labute approximate surface area is 207 Å². The van der Waals surface area contributed by atoms with Crippen LogP contribution in [-0.4, -0.2) is 81.4 Å².